The highest BCUT2D eigenvalue weighted by molar-refractivity contribution is 5.95. The van der Waals surface area contributed by atoms with E-state index in [1.54, 1.807) is 29.2 Å². The van der Waals surface area contributed by atoms with Gasteiger partial charge in [0.1, 0.15) is 0 Å². The molecule has 5 heteroatoms. The molecule has 5 nitrogen and oxygen atoms in total. The molecule has 3 rings (SSSR count). The fourth-order valence-corrected chi connectivity index (χ4v) is 3.39. The summed E-state index contributed by atoms with van der Waals surface area (Å²) in [4.78, 5) is 25.2. The lowest BCUT2D eigenvalue weighted by Crippen LogP contribution is -2.34. The molecule has 0 radical (unpaired) electrons. The van der Waals surface area contributed by atoms with E-state index < -0.39 is 0 Å². The number of likely N-dealkylation sites (tertiary alicyclic amines) is 1. The molecule has 1 saturated heterocycles. The van der Waals surface area contributed by atoms with Crippen molar-refractivity contribution >= 4 is 17.5 Å². The van der Waals surface area contributed by atoms with Crippen molar-refractivity contribution in [1.82, 2.24) is 4.90 Å². The molecule has 1 saturated carbocycles. The van der Waals surface area contributed by atoms with E-state index in [-0.39, 0.29) is 23.8 Å². The van der Waals surface area contributed by atoms with E-state index in [1.165, 1.54) is 6.92 Å². The molecular weight excluding hydrogens is 268 g/mol. The number of hydrogen-bond acceptors (Lipinski definition) is 3. The van der Waals surface area contributed by atoms with Crippen molar-refractivity contribution in [3.8, 4) is 0 Å². The van der Waals surface area contributed by atoms with Crippen molar-refractivity contribution in [1.29, 1.82) is 0 Å². The molecule has 1 aromatic rings. The number of benzene rings is 1. The van der Waals surface area contributed by atoms with Gasteiger partial charge in [-0.3, -0.25) is 4.79 Å². The maximum absolute atomic E-state index is 12.2. The van der Waals surface area contributed by atoms with Crippen LogP contribution in [0.2, 0.25) is 0 Å². The van der Waals surface area contributed by atoms with Crippen LogP contribution in [0.15, 0.2) is 24.3 Å². The minimum atomic E-state index is -0.261. The molecule has 1 aliphatic carbocycles. The first-order valence-corrected chi connectivity index (χ1v) is 7.39. The van der Waals surface area contributed by atoms with Crippen LogP contribution in [-0.4, -0.2) is 41.0 Å². The molecule has 1 aromatic carbocycles. The summed E-state index contributed by atoms with van der Waals surface area (Å²) in [6, 6.07) is 6.76. The Balaban J connectivity index is 1.61. The number of Topliss-reactive ketones (excluding diaryl/α,β-unsaturated/α-hetero) is 1. The Morgan fingerprint density at radius 2 is 1.90 bits per heavy atom. The van der Waals surface area contributed by atoms with Gasteiger partial charge in [-0.25, -0.2) is 4.79 Å². The van der Waals surface area contributed by atoms with Gasteiger partial charge in [0.2, 0.25) is 0 Å². The summed E-state index contributed by atoms with van der Waals surface area (Å²) >= 11 is 0. The fraction of sp³-hybridized carbons (Fsp3) is 0.500. The average molecular weight is 288 g/mol. The van der Waals surface area contributed by atoms with E-state index in [0.29, 0.717) is 23.7 Å². The van der Waals surface area contributed by atoms with Gasteiger partial charge in [-0.15, -0.1) is 0 Å². The number of aliphatic hydroxyl groups is 1. The summed E-state index contributed by atoms with van der Waals surface area (Å²) in [5.41, 5.74) is 1.31. The van der Waals surface area contributed by atoms with Gasteiger partial charge in [0.05, 0.1) is 6.10 Å². The summed E-state index contributed by atoms with van der Waals surface area (Å²) in [6.45, 7) is 2.87. The monoisotopic (exact) mass is 288 g/mol. The van der Waals surface area contributed by atoms with E-state index in [9.17, 15) is 14.7 Å². The van der Waals surface area contributed by atoms with Gasteiger partial charge < -0.3 is 15.3 Å². The second kappa shape index (κ2) is 5.48. The zero-order valence-corrected chi connectivity index (χ0v) is 12.1. The molecule has 2 amide bonds. The van der Waals surface area contributed by atoms with Gasteiger partial charge in [-0.2, -0.15) is 0 Å². The standard InChI is InChI=1S/C16H20N2O3/c1-10(19)11-2-5-13(6-3-11)17-16(21)18-8-12-4-7-15(20)14(12)9-18/h2-3,5-6,12,14-15,20H,4,7-9H2,1H3,(H,17,21). The molecule has 2 aliphatic rings. The van der Waals surface area contributed by atoms with Crippen LogP contribution < -0.4 is 5.32 Å². The van der Waals surface area contributed by atoms with E-state index in [0.717, 1.165) is 19.4 Å². The number of carbonyl (C=O) groups is 2. The summed E-state index contributed by atoms with van der Waals surface area (Å²) in [5.74, 6) is 0.677. The van der Waals surface area contributed by atoms with Crippen LogP contribution in [0.4, 0.5) is 10.5 Å². The summed E-state index contributed by atoms with van der Waals surface area (Å²) in [6.07, 6.45) is 1.60. The number of urea groups is 1. The van der Waals surface area contributed by atoms with Crippen LogP contribution in [-0.2, 0) is 0 Å². The third-order valence-corrected chi connectivity index (χ3v) is 4.65. The third-order valence-electron chi connectivity index (χ3n) is 4.65. The maximum atomic E-state index is 12.2. The zero-order chi connectivity index (χ0) is 15.0. The minimum absolute atomic E-state index is 0.00855. The number of hydrogen-bond donors (Lipinski definition) is 2. The molecule has 21 heavy (non-hydrogen) atoms. The Kier molecular flexibility index (Phi) is 3.68. The quantitative estimate of drug-likeness (QED) is 0.819. The van der Waals surface area contributed by atoms with Gasteiger partial charge >= 0.3 is 6.03 Å². The maximum Gasteiger partial charge on any atom is 0.321 e. The van der Waals surface area contributed by atoms with Gasteiger partial charge in [0.25, 0.3) is 0 Å². The highest BCUT2D eigenvalue weighted by Crippen LogP contribution is 2.38. The fourth-order valence-electron chi connectivity index (χ4n) is 3.39. The number of ketones is 1. The summed E-state index contributed by atoms with van der Waals surface area (Å²) < 4.78 is 0. The first-order valence-electron chi connectivity index (χ1n) is 7.39. The highest BCUT2D eigenvalue weighted by atomic mass is 16.3. The molecule has 112 valence electrons. The van der Waals surface area contributed by atoms with Crippen LogP contribution in [0.3, 0.4) is 0 Å². The molecule has 1 aliphatic heterocycles. The van der Waals surface area contributed by atoms with Crippen molar-refractivity contribution in [2.75, 3.05) is 18.4 Å². The van der Waals surface area contributed by atoms with Crippen molar-refractivity contribution in [2.45, 2.75) is 25.9 Å². The Hall–Kier alpha value is -1.88. The molecular formula is C16H20N2O3. The lowest BCUT2D eigenvalue weighted by Gasteiger charge is -2.19. The molecule has 3 atom stereocenters. The number of fused-ring (bicyclic) bond motifs is 1. The summed E-state index contributed by atoms with van der Waals surface area (Å²) in [5, 5.41) is 12.7. The number of amides is 2. The number of nitrogens with zero attached hydrogens (tertiary/aromatic N) is 1. The molecule has 2 N–H and O–H groups in total. The number of rotatable bonds is 2. The lowest BCUT2D eigenvalue weighted by molar-refractivity contribution is 0.101. The van der Waals surface area contributed by atoms with Gasteiger partial charge in [-0.1, -0.05) is 0 Å². The van der Waals surface area contributed by atoms with Gasteiger partial charge in [0, 0.05) is 30.3 Å². The Labute approximate surface area is 123 Å². The van der Waals surface area contributed by atoms with E-state index >= 15 is 0 Å². The van der Waals surface area contributed by atoms with Crippen LogP contribution >= 0.6 is 0 Å². The van der Waals surface area contributed by atoms with Crippen molar-refractivity contribution in [2.24, 2.45) is 11.8 Å². The zero-order valence-electron chi connectivity index (χ0n) is 12.1. The predicted molar refractivity (Wildman–Crippen MR) is 79.3 cm³/mol. The van der Waals surface area contributed by atoms with Crippen LogP contribution in [0.25, 0.3) is 0 Å². The van der Waals surface area contributed by atoms with Crippen LogP contribution in [0.1, 0.15) is 30.1 Å². The van der Waals surface area contributed by atoms with E-state index in [2.05, 4.69) is 5.32 Å². The molecule has 0 bridgehead atoms. The normalized spacial score (nSPS) is 27.5. The Morgan fingerprint density at radius 1 is 1.19 bits per heavy atom. The molecule has 3 unspecified atom stereocenters. The average Bonchev–Trinajstić information content (AvgIpc) is 3.02. The predicted octanol–water partition coefficient (Wildman–Crippen LogP) is 2.12. The minimum Gasteiger partial charge on any atom is -0.393 e. The van der Waals surface area contributed by atoms with Crippen molar-refractivity contribution in [3.05, 3.63) is 29.8 Å². The molecule has 1 heterocycles. The largest absolute Gasteiger partial charge is 0.393 e. The first-order chi connectivity index (χ1) is 10.0. The van der Waals surface area contributed by atoms with Crippen molar-refractivity contribution in [3.63, 3.8) is 0 Å². The Morgan fingerprint density at radius 3 is 2.52 bits per heavy atom. The second-order valence-corrected chi connectivity index (χ2v) is 6.04. The molecule has 2 fully saturated rings. The number of nitrogens with one attached hydrogen (secondary N) is 1. The topological polar surface area (TPSA) is 69.6 Å². The first kappa shape index (κ1) is 14.1. The SMILES string of the molecule is CC(=O)c1ccc(NC(=O)N2CC3CCC(O)C3C2)cc1. The van der Waals surface area contributed by atoms with Crippen LogP contribution in [0, 0.1) is 11.8 Å². The number of carbonyl (C=O) groups excluding carboxylic acids is 2. The molecule has 0 spiro atoms. The Bertz CT molecular complexity index is 555. The van der Waals surface area contributed by atoms with E-state index in [4.69, 9.17) is 0 Å². The summed E-state index contributed by atoms with van der Waals surface area (Å²) in [7, 11) is 0. The third kappa shape index (κ3) is 2.78. The van der Waals surface area contributed by atoms with Gasteiger partial charge in [-0.05, 0) is 49.9 Å². The number of aliphatic hydroxyl groups excluding tert-OH is 1. The number of anilines is 1. The van der Waals surface area contributed by atoms with Crippen LogP contribution in [0.5, 0.6) is 0 Å². The van der Waals surface area contributed by atoms with Gasteiger partial charge in [0.15, 0.2) is 5.78 Å². The van der Waals surface area contributed by atoms with E-state index in [1.807, 2.05) is 0 Å². The second-order valence-electron chi connectivity index (χ2n) is 6.04. The lowest BCUT2D eigenvalue weighted by atomic mass is 10.00. The highest BCUT2D eigenvalue weighted by Gasteiger charge is 2.43. The smallest absolute Gasteiger partial charge is 0.321 e. The molecule has 0 aromatic heterocycles. The van der Waals surface area contributed by atoms with Crippen molar-refractivity contribution < 1.29 is 14.7 Å².